The van der Waals surface area contributed by atoms with Gasteiger partial charge in [0.25, 0.3) is 0 Å². The van der Waals surface area contributed by atoms with Gasteiger partial charge in [0.1, 0.15) is 5.76 Å². The Morgan fingerprint density at radius 3 is 2.63 bits per heavy atom. The van der Waals surface area contributed by atoms with Gasteiger partial charge in [0, 0.05) is 10.9 Å². The van der Waals surface area contributed by atoms with Crippen molar-refractivity contribution in [1.82, 2.24) is 5.32 Å². The fourth-order valence-electron chi connectivity index (χ4n) is 2.53. The maximum Gasteiger partial charge on any atom is 0.176 e. The van der Waals surface area contributed by atoms with Crippen LogP contribution in [-0.4, -0.2) is 13.7 Å². The van der Waals surface area contributed by atoms with E-state index in [-0.39, 0.29) is 0 Å². The highest BCUT2D eigenvalue weighted by atomic mass is 16.5. The average Bonchev–Trinajstić information content (AvgIpc) is 2.73. The Hall–Kier alpha value is -1.48. The molecule has 0 aliphatic rings. The van der Waals surface area contributed by atoms with Gasteiger partial charge in [-0.3, -0.25) is 0 Å². The minimum absolute atomic E-state index is 0.432. The molecule has 2 rings (SSSR count). The van der Waals surface area contributed by atoms with Crippen LogP contribution in [0.15, 0.2) is 16.5 Å². The van der Waals surface area contributed by atoms with Crippen LogP contribution in [0.2, 0.25) is 0 Å². The van der Waals surface area contributed by atoms with Gasteiger partial charge in [-0.25, -0.2) is 0 Å². The van der Waals surface area contributed by atoms with Gasteiger partial charge in [-0.1, -0.05) is 20.8 Å². The number of furan rings is 1. The number of nitrogens with one attached hydrogen (secondary N) is 1. The zero-order valence-corrected chi connectivity index (χ0v) is 12.5. The first-order chi connectivity index (χ1) is 9.08. The molecule has 1 heterocycles. The van der Waals surface area contributed by atoms with Gasteiger partial charge in [0.05, 0.1) is 13.7 Å². The Balaban J connectivity index is 2.65. The zero-order valence-electron chi connectivity index (χ0n) is 12.5. The topological polar surface area (TPSA) is 34.4 Å². The minimum atomic E-state index is 0.432. The smallest absolute Gasteiger partial charge is 0.176 e. The second kappa shape index (κ2) is 5.66. The highest BCUT2D eigenvalue weighted by Gasteiger charge is 2.19. The van der Waals surface area contributed by atoms with Crippen LogP contribution in [0.3, 0.4) is 0 Å². The van der Waals surface area contributed by atoms with E-state index in [4.69, 9.17) is 9.15 Å². The van der Waals surface area contributed by atoms with E-state index in [0.29, 0.717) is 5.92 Å². The number of hydrogen-bond donors (Lipinski definition) is 1. The molecular weight excluding hydrogens is 238 g/mol. The fourth-order valence-corrected chi connectivity index (χ4v) is 2.53. The predicted molar refractivity (Wildman–Crippen MR) is 79.0 cm³/mol. The first-order valence-electron chi connectivity index (χ1n) is 6.89. The van der Waals surface area contributed by atoms with Crippen LogP contribution in [0.4, 0.5) is 0 Å². The summed E-state index contributed by atoms with van der Waals surface area (Å²) in [6.07, 6.45) is 0. The SMILES string of the molecule is CCNCc1oc2c(OC)cc(C)cc2c1C(C)C. The standard InChI is InChI=1S/C16H23NO2/c1-6-17-9-14-15(10(2)3)12-7-11(4)8-13(18-5)16(12)19-14/h7-8,10,17H,6,9H2,1-5H3. The summed E-state index contributed by atoms with van der Waals surface area (Å²) in [5.74, 6) is 2.27. The van der Waals surface area contributed by atoms with Crippen LogP contribution in [-0.2, 0) is 6.54 Å². The molecule has 1 N–H and O–H groups in total. The molecular formula is C16H23NO2. The lowest BCUT2D eigenvalue weighted by molar-refractivity contribution is 0.405. The van der Waals surface area contributed by atoms with Crippen LogP contribution in [0.1, 0.15) is 43.6 Å². The normalized spacial score (nSPS) is 11.5. The summed E-state index contributed by atoms with van der Waals surface area (Å²) < 4.78 is 11.5. The van der Waals surface area contributed by atoms with E-state index in [1.54, 1.807) is 7.11 Å². The monoisotopic (exact) mass is 261 g/mol. The zero-order chi connectivity index (χ0) is 14.0. The first kappa shape index (κ1) is 13.9. The van der Waals surface area contributed by atoms with E-state index < -0.39 is 0 Å². The van der Waals surface area contributed by atoms with Crippen LogP contribution < -0.4 is 10.1 Å². The molecule has 0 fully saturated rings. The Kier molecular flexibility index (Phi) is 4.15. The van der Waals surface area contributed by atoms with Crippen molar-refractivity contribution < 1.29 is 9.15 Å². The summed E-state index contributed by atoms with van der Waals surface area (Å²) in [4.78, 5) is 0. The summed E-state index contributed by atoms with van der Waals surface area (Å²) in [7, 11) is 1.69. The molecule has 0 saturated carbocycles. The number of methoxy groups -OCH3 is 1. The van der Waals surface area contributed by atoms with E-state index >= 15 is 0 Å². The van der Waals surface area contributed by atoms with Crippen LogP contribution in [0.25, 0.3) is 11.0 Å². The van der Waals surface area contributed by atoms with Gasteiger partial charge in [0.15, 0.2) is 11.3 Å². The average molecular weight is 261 g/mol. The van der Waals surface area contributed by atoms with E-state index in [1.807, 2.05) is 6.07 Å². The van der Waals surface area contributed by atoms with E-state index in [9.17, 15) is 0 Å². The molecule has 0 bridgehead atoms. The van der Waals surface area contributed by atoms with Gasteiger partial charge in [-0.15, -0.1) is 0 Å². The van der Waals surface area contributed by atoms with Gasteiger partial charge in [-0.2, -0.15) is 0 Å². The summed E-state index contributed by atoms with van der Waals surface area (Å²) in [5, 5.41) is 4.52. The minimum Gasteiger partial charge on any atom is -0.493 e. The number of aryl methyl sites for hydroxylation is 1. The fraction of sp³-hybridized carbons (Fsp3) is 0.500. The maximum absolute atomic E-state index is 6.05. The maximum atomic E-state index is 6.05. The molecule has 0 atom stereocenters. The van der Waals surface area contributed by atoms with Crippen LogP contribution in [0.5, 0.6) is 5.75 Å². The molecule has 0 unspecified atom stereocenters. The summed E-state index contributed by atoms with van der Waals surface area (Å²) in [5.41, 5.74) is 3.35. The molecule has 1 aromatic heterocycles. The largest absolute Gasteiger partial charge is 0.493 e. The van der Waals surface area contributed by atoms with Gasteiger partial charge in [-0.05, 0) is 37.1 Å². The Bertz CT molecular complexity index is 570. The van der Waals surface area contributed by atoms with Crippen LogP contribution >= 0.6 is 0 Å². The Labute approximate surface area is 114 Å². The van der Waals surface area contributed by atoms with Crippen molar-refractivity contribution in [3.05, 3.63) is 29.0 Å². The highest BCUT2D eigenvalue weighted by molar-refractivity contribution is 5.88. The molecule has 0 aliphatic heterocycles. The lowest BCUT2D eigenvalue weighted by Gasteiger charge is -2.07. The third kappa shape index (κ3) is 2.61. The van der Waals surface area contributed by atoms with Crippen molar-refractivity contribution in [1.29, 1.82) is 0 Å². The molecule has 104 valence electrons. The molecule has 19 heavy (non-hydrogen) atoms. The number of rotatable bonds is 5. The summed E-state index contributed by atoms with van der Waals surface area (Å²) in [6, 6.07) is 4.21. The number of hydrogen-bond acceptors (Lipinski definition) is 3. The Morgan fingerprint density at radius 1 is 1.32 bits per heavy atom. The molecule has 2 aromatic rings. The summed E-state index contributed by atoms with van der Waals surface area (Å²) in [6.45, 7) is 10.3. The molecule has 0 aliphatic carbocycles. The lowest BCUT2D eigenvalue weighted by Crippen LogP contribution is -2.12. The lowest BCUT2D eigenvalue weighted by atomic mass is 9.98. The first-order valence-corrected chi connectivity index (χ1v) is 6.89. The predicted octanol–water partition coefficient (Wildman–Crippen LogP) is 3.98. The van der Waals surface area contributed by atoms with E-state index in [2.05, 4.69) is 39.1 Å². The van der Waals surface area contributed by atoms with Crippen molar-refractivity contribution >= 4 is 11.0 Å². The van der Waals surface area contributed by atoms with Crippen molar-refractivity contribution in [3.8, 4) is 5.75 Å². The Morgan fingerprint density at radius 2 is 2.05 bits per heavy atom. The van der Waals surface area contributed by atoms with Crippen LogP contribution in [0, 0.1) is 6.92 Å². The molecule has 0 amide bonds. The summed E-state index contributed by atoms with van der Waals surface area (Å²) >= 11 is 0. The van der Waals surface area contributed by atoms with Crippen molar-refractivity contribution in [2.45, 2.75) is 40.2 Å². The quantitative estimate of drug-likeness (QED) is 0.884. The highest BCUT2D eigenvalue weighted by Crippen LogP contribution is 2.37. The van der Waals surface area contributed by atoms with Crippen molar-refractivity contribution in [2.24, 2.45) is 0 Å². The molecule has 0 saturated heterocycles. The van der Waals surface area contributed by atoms with E-state index in [0.717, 1.165) is 30.2 Å². The van der Waals surface area contributed by atoms with Gasteiger partial charge >= 0.3 is 0 Å². The van der Waals surface area contributed by atoms with Crippen molar-refractivity contribution in [2.75, 3.05) is 13.7 Å². The van der Waals surface area contributed by atoms with Crippen molar-refractivity contribution in [3.63, 3.8) is 0 Å². The molecule has 3 heteroatoms. The number of benzene rings is 1. The third-order valence-corrected chi connectivity index (χ3v) is 3.35. The third-order valence-electron chi connectivity index (χ3n) is 3.35. The number of fused-ring (bicyclic) bond motifs is 1. The molecule has 1 aromatic carbocycles. The number of ether oxygens (including phenoxy) is 1. The molecule has 3 nitrogen and oxygen atoms in total. The van der Waals surface area contributed by atoms with Gasteiger partial charge in [0.2, 0.25) is 0 Å². The molecule has 0 spiro atoms. The second-order valence-corrected chi connectivity index (χ2v) is 5.22. The van der Waals surface area contributed by atoms with Gasteiger partial charge < -0.3 is 14.5 Å². The van der Waals surface area contributed by atoms with E-state index in [1.165, 1.54) is 16.5 Å². The molecule has 0 radical (unpaired) electrons. The second-order valence-electron chi connectivity index (χ2n) is 5.22.